The fraction of sp³-hybridized carbons (Fsp3) is 0.471. The fourth-order valence-electron chi connectivity index (χ4n) is 3.22. The Morgan fingerprint density at radius 2 is 2.09 bits per heavy atom. The Balaban J connectivity index is 0.00000363. The summed E-state index contributed by atoms with van der Waals surface area (Å²) in [7, 11) is 0. The zero-order chi connectivity index (χ0) is 23.0. The number of hydrogen-bond acceptors (Lipinski definition) is 10. The molecule has 1 N–H and O–H groups in total. The molecule has 3 atom stereocenters. The predicted molar refractivity (Wildman–Crippen MR) is 102 cm³/mol. The fourth-order valence-corrected chi connectivity index (χ4v) is 4.54. The van der Waals surface area contributed by atoms with Gasteiger partial charge in [0.25, 0.3) is 5.91 Å². The van der Waals surface area contributed by atoms with Gasteiger partial charge in [-0.15, -0.1) is 11.8 Å². The molecular weight excluding hydrogens is 457 g/mol. The third-order valence-electron chi connectivity index (χ3n) is 4.85. The van der Waals surface area contributed by atoms with E-state index < -0.39 is 46.1 Å². The standard InChI is InChI=1S/C17H19N5O8S.Na/c1-7-11(22(28)29)4-20(19-7)8(2)14(24)18-12-15(25)21-13(17(26)27)10(5-30-9(3)23)6-31-16(12)21;/h4,8,12,16H,5-6H2,1-3H3,(H,18,24)(H,26,27);/q;+1/p-1. The summed E-state index contributed by atoms with van der Waals surface area (Å²) in [5.41, 5.74) is -0.242. The summed E-state index contributed by atoms with van der Waals surface area (Å²) in [5.74, 6) is -3.28. The summed E-state index contributed by atoms with van der Waals surface area (Å²) in [6.45, 7) is 3.79. The van der Waals surface area contributed by atoms with E-state index in [1.54, 1.807) is 0 Å². The minimum Gasteiger partial charge on any atom is -0.543 e. The molecule has 3 rings (SSSR count). The Morgan fingerprint density at radius 1 is 1.44 bits per heavy atom. The van der Waals surface area contributed by atoms with Crippen molar-refractivity contribution in [2.75, 3.05) is 12.4 Å². The average molecular weight is 475 g/mol. The third-order valence-corrected chi connectivity index (χ3v) is 6.19. The number of carbonyl (C=O) groups excluding carboxylic acids is 4. The van der Waals surface area contributed by atoms with Gasteiger partial charge >= 0.3 is 41.2 Å². The topological polar surface area (TPSA) is 177 Å². The van der Waals surface area contributed by atoms with Crippen LogP contribution in [0.1, 0.15) is 25.6 Å². The van der Waals surface area contributed by atoms with Crippen LogP contribution in [-0.2, 0) is 23.9 Å². The van der Waals surface area contributed by atoms with Crippen molar-refractivity contribution in [3.05, 3.63) is 33.3 Å². The van der Waals surface area contributed by atoms with Gasteiger partial charge in [0, 0.05) is 18.2 Å². The molecule has 1 aromatic heterocycles. The summed E-state index contributed by atoms with van der Waals surface area (Å²) in [5, 5.41) is 28.4. The minimum absolute atomic E-state index is 0. The Bertz CT molecular complexity index is 1020. The Morgan fingerprint density at radius 3 is 2.62 bits per heavy atom. The molecular formula is C17H18N5NaO8S. The number of carboxylic acid groups (broad SMARTS) is 1. The molecule has 0 spiro atoms. The molecule has 3 heterocycles. The van der Waals surface area contributed by atoms with Crippen molar-refractivity contribution >= 4 is 41.2 Å². The number of esters is 1. The van der Waals surface area contributed by atoms with Crippen LogP contribution < -0.4 is 40.0 Å². The summed E-state index contributed by atoms with van der Waals surface area (Å²) in [4.78, 5) is 59.1. The van der Waals surface area contributed by atoms with Crippen molar-refractivity contribution in [2.24, 2.45) is 0 Å². The van der Waals surface area contributed by atoms with Crippen LogP contribution >= 0.6 is 11.8 Å². The largest absolute Gasteiger partial charge is 1.00 e. The van der Waals surface area contributed by atoms with Crippen LogP contribution in [0.2, 0.25) is 0 Å². The van der Waals surface area contributed by atoms with Crippen molar-refractivity contribution in [3.63, 3.8) is 0 Å². The normalized spacial score (nSPS) is 20.5. The minimum atomic E-state index is -1.58. The Kier molecular flexibility index (Phi) is 8.09. The van der Waals surface area contributed by atoms with Crippen LogP contribution in [-0.4, -0.2) is 67.1 Å². The summed E-state index contributed by atoms with van der Waals surface area (Å²) in [6, 6.07) is -1.94. The first-order chi connectivity index (χ1) is 14.5. The maximum absolute atomic E-state index is 12.6. The second kappa shape index (κ2) is 10.0. The van der Waals surface area contributed by atoms with E-state index in [9.17, 15) is 34.4 Å². The number of thioether (sulfide) groups is 1. The van der Waals surface area contributed by atoms with Crippen molar-refractivity contribution in [1.82, 2.24) is 20.0 Å². The molecule has 0 radical (unpaired) electrons. The second-order valence-corrected chi connectivity index (χ2v) is 8.03. The van der Waals surface area contributed by atoms with E-state index in [1.165, 1.54) is 32.5 Å². The molecule has 2 aliphatic rings. The molecule has 13 nitrogen and oxygen atoms in total. The van der Waals surface area contributed by atoms with Crippen LogP contribution in [0.4, 0.5) is 5.69 Å². The number of hydrogen-bond donors (Lipinski definition) is 1. The quantitative estimate of drug-likeness (QED) is 0.133. The molecule has 2 aliphatic heterocycles. The van der Waals surface area contributed by atoms with Crippen molar-refractivity contribution in [1.29, 1.82) is 0 Å². The third kappa shape index (κ3) is 4.82. The molecule has 0 bridgehead atoms. The Hall–Kier alpha value is -2.42. The van der Waals surface area contributed by atoms with E-state index in [-0.39, 0.29) is 64.6 Å². The maximum atomic E-state index is 12.6. The van der Waals surface area contributed by atoms with Gasteiger partial charge in [-0.3, -0.25) is 34.1 Å². The monoisotopic (exact) mass is 475 g/mol. The number of β-lactam (4-membered cyclic amide) rings is 1. The number of amides is 2. The average Bonchev–Trinajstić information content (AvgIpc) is 3.10. The van der Waals surface area contributed by atoms with Crippen molar-refractivity contribution in [3.8, 4) is 0 Å². The van der Waals surface area contributed by atoms with E-state index >= 15 is 0 Å². The van der Waals surface area contributed by atoms with Gasteiger partial charge < -0.3 is 20.0 Å². The number of carbonyl (C=O) groups is 4. The SMILES string of the molecule is CC(=O)OCC1=C(C(=O)[O-])N2C(=O)C(NC(=O)C(C)n3cc([N+](=O)[O-])c(C)n3)C2SC1.[Na+]. The molecule has 0 aliphatic carbocycles. The van der Waals surface area contributed by atoms with Gasteiger partial charge in [-0.05, 0) is 13.8 Å². The number of aromatic nitrogens is 2. The van der Waals surface area contributed by atoms with E-state index in [2.05, 4.69) is 10.4 Å². The molecule has 0 saturated carbocycles. The molecule has 15 heteroatoms. The smallest absolute Gasteiger partial charge is 0.543 e. The number of nitrogens with one attached hydrogen (secondary N) is 1. The first kappa shape index (κ1) is 25.8. The molecule has 166 valence electrons. The molecule has 2 amide bonds. The molecule has 32 heavy (non-hydrogen) atoms. The van der Waals surface area contributed by atoms with Crippen LogP contribution in [0.3, 0.4) is 0 Å². The predicted octanol–water partition coefficient (Wildman–Crippen LogP) is -4.37. The number of ether oxygens (including phenoxy) is 1. The summed E-state index contributed by atoms with van der Waals surface area (Å²) in [6.07, 6.45) is 1.13. The van der Waals surface area contributed by atoms with Gasteiger partial charge in [0.15, 0.2) is 0 Å². The summed E-state index contributed by atoms with van der Waals surface area (Å²) < 4.78 is 5.96. The number of aliphatic carboxylic acids is 1. The number of nitro groups is 1. The van der Waals surface area contributed by atoms with E-state index in [0.717, 1.165) is 15.8 Å². The van der Waals surface area contributed by atoms with Gasteiger partial charge in [-0.1, -0.05) is 0 Å². The van der Waals surface area contributed by atoms with Gasteiger partial charge in [0.1, 0.15) is 36.0 Å². The summed E-state index contributed by atoms with van der Waals surface area (Å²) >= 11 is 1.20. The van der Waals surface area contributed by atoms with Gasteiger partial charge in [0.05, 0.1) is 16.6 Å². The van der Waals surface area contributed by atoms with Crippen LogP contribution in [0.15, 0.2) is 17.5 Å². The zero-order valence-corrected chi connectivity index (χ0v) is 20.5. The van der Waals surface area contributed by atoms with Crippen molar-refractivity contribution < 1.29 is 63.5 Å². The molecule has 1 aromatic rings. The molecule has 1 saturated heterocycles. The number of fused-ring (bicyclic) bond motifs is 1. The number of nitrogens with zero attached hydrogens (tertiary/aromatic N) is 4. The van der Waals surface area contributed by atoms with E-state index in [1.807, 2.05) is 0 Å². The molecule has 3 unspecified atom stereocenters. The number of carboxylic acids is 1. The van der Waals surface area contributed by atoms with Crippen LogP contribution in [0, 0.1) is 17.0 Å². The van der Waals surface area contributed by atoms with Gasteiger partial charge in [-0.25, -0.2) is 0 Å². The van der Waals surface area contributed by atoms with E-state index in [4.69, 9.17) is 4.74 Å². The first-order valence-corrected chi connectivity index (χ1v) is 10.1. The molecule has 1 fully saturated rings. The van der Waals surface area contributed by atoms with E-state index in [0.29, 0.717) is 0 Å². The second-order valence-electron chi connectivity index (χ2n) is 6.93. The zero-order valence-electron chi connectivity index (χ0n) is 17.7. The van der Waals surface area contributed by atoms with Gasteiger partial charge in [-0.2, -0.15) is 5.10 Å². The number of rotatable bonds is 7. The number of aryl methyl sites for hydroxylation is 1. The molecule has 0 aromatic carbocycles. The first-order valence-electron chi connectivity index (χ1n) is 9.04. The maximum Gasteiger partial charge on any atom is 1.00 e. The van der Waals surface area contributed by atoms with Crippen LogP contribution in [0.25, 0.3) is 0 Å². The Labute approximate surface area is 207 Å². The van der Waals surface area contributed by atoms with Crippen molar-refractivity contribution in [2.45, 2.75) is 38.2 Å². The van der Waals surface area contributed by atoms with Gasteiger partial charge in [0.2, 0.25) is 5.91 Å². The van der Waals surface area contributed by atoms with Crippen LogP contribution in [0.5, 0.6) is 0 Å².